The molecule has 0 saturated carbocycles. The molecule has 0 amide bonds. The Morgan fingerprint density at radius 3 is 2.58 bits per heavy atom. The summed E-state index contributed by atoms with van der Waals surface area (Å²) in [5.74, 6) is 0.0235. The number of para-hydroxylation sites is 1. The molecule has 7 heteroatoms. The average Bonchev–Trinajstić information content (AvgIpc) is 2.98. The van der Waals surface area contributed by atoms with Crippen molar-refractivity contribution in [3.05, 3.63) is 59.4 Å². The summed E-state index contributed by atoms with van der Waals surface area (Å²) in [6.45, 7) is 1.75. The smallest absolute Gasteiger partial charge is 0.197 e. The van der Waals surface area contributed by atoms with Gasteiger partial charge >= 0.3 is 0 Å². The summed E-state index contributed by atoms with van der Waals surface area (Å²) in [6, 6.07) is 15.7. The van der Waals surface area contributed by atoms with Gasteiger partial charge in [-0.25, -0.2) is 4.39 Å². The fraction of sp³-hybridized carbons (Fsp3) is 0.118. The Morgan fingerprint density at radius 2 is 1.88 bits per heavy atom. The van der Waals surface area contributed by atoms with Crippen LogP contribution in [0.5, 0.6) is 0 Å². The van der Waals surface area contributed by atoms with E-state index in [0.29, 0.717) is 27.3 Å². The van der Waals surface area contributed by atoms with Gasteiger partial charge in [-0.1, -0.05) is 47.6 Å². The van der Waals surface area contributed by atoms with E-state index in [1.807, 2.05) is 12.1 Å². The Morgan fingerprint density at radius 1 is 1.17 bits per heavy atom. The lowest BCUT2D eigenvalue weighted by atomic mass is 10.2. The van der Waals surface area contributed by atoms with E-state index < -0.39 is 5.82 Å². The summed E-state index contributed by atoms with van der Waals surface area (Å²) in [4.78, 5) is 0. The third-order valence-electron chi connectivity index (χ3n) is 3.31. The zero-order chi connectivity index (χ0) is 17.1. The molecule has 0 aliphatic carbocycles. The van der Waals surface area contributed by atoms with Gasteiger partial charge in [0.2, 0.25) is 0 Å². The standard InChI is InChI=1S/C17H12ClFN4S/c1-11(10-20)24-17-22-21-16(12-6-2-3-7-13(12)18)23(17)15-9-5-4-8-14(15)19/h2-9,11H,1H3. The molecule has 0 spiro atoms. The van der Waals surface area contributed by atoms with Gasteiger partial charge in [0.25, 0.3) is 0 Å². The molecule has 24 heavy (non-hydrogen) atoms. The largest absolute Gasteiger partial charge is 0.267 e. The van der Waals surface area contributed by atoms with Gasteiger partial charge in [0.15, 0.2) is 11.0 Å². The number of nitrogens with zero attached hydrogens (tertiary/aromatic N) is 4. The normalized spacial score (nSPS) is 11.9. The first-order valence-electron chi connectivity index (χ1n) is 7.13. The number of aromatic nitrogens is 3. The third-order valence-corrected chi connectivity index (χ3v) is 4.57. The molecule has 3 rings (SSSR count). The molecule has 0 saturated heterocycles. The van der Waals surface area contributed by atoms with Gasteiger partial charge in [0, 0.05) is 5.56 Å². The van der Waals surface area contributed by atoms with Crippen molar-refractivity contribution in [2.45, 2.75) is 17.3 Å². The highest BCUT2D eigenvalue weighted by atomic mass is 35.5. The van der Waals surface area contributed by atoms with E-state index in [1.165, 1.54) is 17.8 Å². The van der Waals surface area contributed by atoms with Gasteiger partial charge in [-0.05, 0) is 31.2 Å². The molecule has 0 aliphatic heterocycles. The van der Waals surface area contributed by atoms with Gasteiger partial charge in [-0.2, -0.15) is 5.26 Å². The minimum Gasteiger partial charge on any atom is -0.267 e. The van der Waals surface area contributed by atoms with Gasteiger partial charge in [0.1, 0.15) is 5.82 Å². The van der Waals surface area contributed by atoms with Crippen LogP contribution in [-0.2, 0) is 0 Å². The topological polar surface area (TPSA) is 54.5 Å². The van der Waals surface area contributed by atoms with Crippen molar-refractivity contribution in [1.29, 1.82) is 5.26 Å². The van der Waals surface area contributed by atoms with E-state index in [1.54, 1.807) is 41.8 Å². The van der Waals surface area contributed by atoms with Crippen molar-refractivity contribution >= 4 is 23.4 Å². The zero-order valence-corrected chi connectivity index (χ0v) is 14.2. The summed E-state index contributed by atoms with van der Waals surface area (Å²) < 4.78 is 16.0. The second-order valence-electron chi connectivity index (χ2n) is 4.96. The molecule has 0 fully saturated rings. The highest BCUT2D eigenvalue weighted by molar-refractivity contribution is 8.00. The SMILES string of the molecule is CC(C#N)Sc1nnc(-c2ccccc2Cl)n1-c1ccccc1F. The van der Waals surface area contributed by atoms with E-state index in [4.69, 9.17) is 16.9 Å². The molecular formula is C17H12ClFN4S. The van der Waals surface area contributed by atoms with E-state index in [9.17, 15) is 4.39 Å². The third kappa shape index (κ3) is 3.14. The van der Waals surface area contributed by atoms with E-state index in [0.717, 1.165) is 0 Å². The van der Waals surface area contributed by atoms with E-state index >= 15 is 0 Å². The number of nitriles is 1. The van der Waals surface area contributed by atoms with Crippen molar-refractivity contribution in [2.75, 3.05) is 0 Å². The summed E-state index contributed by atoms with van der Waals surface area (Å²) in [6.07, 6.45) is 0. The fourth-order valence-corrected chi connectivity index (χ4v) is 3.17. The second-order valence-corrected chi connectivity index (χ2v) is 6.68. The molecule has 0 aliphatic rings. The Labute approximate surface area is 147 Å². The van der Waals surface area contributed by atoms with Crippen molar-refractivity contribution in [3.8, 4) is 23.1 Å². The number of thioether (sulfide) groups is 1. The molecule has 1 aromatic heterocycles. The Kier molecular flexibility index (Phi) is 4.84. The van der Waals surface area contributed by atoms with Gasteiger partial charge in [0.05, 0.1) is 22.0 Å². The van der Waals surface area contributed by atoms with Crippen molar-refractivity contribution < 1.29 is 4.39 Å². The molecule has 1 atom stereocenters. The van der Waals surface area contributed by atoms with Crippen molar-refractivity contribution in [3.63, 3.8) is 0 Å². The van der Waals surface area contributed by atoms with Crippen LogP contribution in [-0.4, -0.2) is 20.0 Å². The predicted molar refractivity (Wildman–Crippen MR) is 92.7 cm³/mol. The highest BCUT2D eigenvalue weighted by Crippen LogP contribution is 2.33. The Bertz CT molecular complexity index is 919. The summed E-state index contributed by atoms with van der Waals surface area (Å²) >= 11 is 7.48. The number of halogens is 2. The summed E-state index contributed by atoms with van der Waals surface area (Å²) in [5, 5.41) is 18.0. The fourth-order valence-electron chi connectivity index (χ4n) is 2.20. The number of benzene rings is 2. The maximum Gasteiger partial charge on any atom is 0.197 e. The van der Waals surface area contributed by atoms with Gasteiger partial charge < -0.3 is 0 Å². The highest BCUT2D eigenvalue weighted by Gasteiger charge is 2.21. The molecule has 1 heterocycles. The van der Waals surface area contributed by atoms with Crippen LogP contribution in [0.2, 0.25) is 5.02 Å². The van der Waals surface area contributed by atoms with Crippen molar-refractivity contribution in [2.24, 2.45) is 0 Å². The maximum absolute atomic E-state index is 14.4. The quantitative estimate of drug-likeness (QED) is 0.632. The maximum atomic E-state index is 14.4. The first-order valence-corrected chi connectivity index (χ1v) is 8.39. The molecule has 1 unspecified atom stereocenters. The van der Waals surface area contributed by atoms with Crippen LogP contribution >= 0.6 is 23.4 Å². The monoisotopic (exact) mass is 358 g/mol. The van der Waals surface area contributed by atoms with Gasteiger partial charge in [-0.3, -0.25) is 4.57 Å². The molecule has 0 radical (unpaired) electrons. The van der Waals surface area contributed by atoms with Crippen LogP contribution in [0.15, 0.2) is 53.7 Å². The molecule has 4 nitrogen and oxygen atoms in total. The lowest BCUT2D eigenvalue weighted by Crippen LogP contribution is -2.04. The van der Waals surface area contributed by atoms with E-state index in [-0.39, 0.29) is 5.25 Å². The lowest BCUT2D eigenvalue weighted by Gasteiger charge is -2.12. The number of rotatable bonds is 4. The van der Waals surface area contributed by atoms with Crippen LogP contribution in [0.25, 0.3) is 17.1 Å². The Hall–Kier alpha value is -2.36. The summed E-state index contributed by atoms with van der Waals surface area (Å²) in [7, 11) is 0. The molecular weight excluding hydrogens is 347 g/mol. The second kappa shape index (κ2) is 7.04. The van der Waals surface area contributed by atoms with E-state index in [2.05, 4.69) is 16.3 Å². The van der Waals surface area contributed by atoms with Crippen LogP contribution in [0, 0.1) is 17.1 Å². The van der Waals surface area contributed by atoms with Gasteiger partial charge in [-0.15, -0.1) is 10.2 Å². The van der Waals surface area contributed by atoms with Crippen molar-refractivity contribution in [1.82, 2.24) is 14.8 Å². The molecule has 0 N–H and O–H groups in total. The van der Waals surface area contributed by atoms with Crippen LogP contribution in [0.3, 0.4) is 0 Å². The lowest BCUT2D eigenvalue weighted by molar-refractivity contribution is 0.613. The number of hydrogen-bond donors (Lipinski definition) is 0. The minimum atomic E-state index is -0.405. The zero-order valence-electron chi connectivity index (χ0n) is 12.6. The van der Waals surface area contributed by atoms with Crippen LogP contribution < -0.4 is 0 Å². The average molecular weight is 359 g/mol. The molecule has 120 valence electrons. The summed E-state index contributed by atoms with van der Waals surface area (Å²) in [5.41, 5.74) is 0.955. The molecule has 2 aromatic carbocycles. The van der Waals surface area contributed by atoms with Crippen LogP contribution in [0.1, 0.15) is 6.92 Å². The first-order chi connectivity index (χ1) is 11.6. The first kappa shape index (κ1) is 16.5. The Balaban J connectivity index is 2.23. The molecule has 3 aromatic rings. The number of hydrogen-bond acceptors (Lipinski definition) is 4. The predicted octanol–water partition coefficient (Wildman–Crippen LogP) is 4.73. The van der Waals surface area contributed by atoms with Crippen LogP contribution in [0.4, 0.5) is 4.39 Å². The molecule has 0 bridgehead atoms. The minimum absolute atomic E-state index is 0.310.